The zero-order valence-corrected chi connectivity index (χ0v) is 20.7. The summed E-state index contributed by atoms with van der Waals surface area (Å²) in [5.41, 5.74) is 0. The van der Waals surface area contributed by atoms with E-state index in [0.717, 1.165) is 30.4 Å². The standard InChI is InChI=1S/C20H26BrN9O2S/c1-28-14-18(27-15-28)33(31,32)30(10-7-22-19-25-11-17(21)12-26-19)13-16-3-8-29(9-4-16)20-23-5-2-6-24-20/h2,5-6,11-12,14-16H,3-4,7-10,13H2,1H3,(H,22,25,26). The third kappa shape index (κ3) is 6.03. The normalized spacial score (nSPS) is 15.2. The molecule has 0 amide bonds. The Hall–Kier alpha value is -2.64. The summed E-state index contributed by atoms with van der Waals surface area (Å²) in [6.07, 6.45) is 11.5. The third-order valence-electron chi connectivity index (χ3n) is 5.46. The molecule has 3 aromatic heterocycles. The van der Waals surface area contributed by atoms with Crippen molar-refractivity contribution in [3.05, 3.63) is 47.9 Å². The molecular weight excluding hydrogens is 510 g/mol. The Morgan fingerprint density at radius 3 is 2.45 bits per heavy atom. The Bertz CT molecular complexity index is 1130. The van der Waals surface area contributed by atoms with E-state index >= 15 is 0 Å². The summed E-state index contributed by atoms with van der Waals surface area (Å²) in [7, 11) is -1.98. The molecule has 4 rings (SSSR count). The smallest absolute Gasteiger partial charge is 0.262 e. The van der Waals surface area contributed by atoms with E-state index in [9.17, 15) is 8.42 Å². The van der Waals surface area contributed by atoms with Crippen molar-refractivity contribution in [2.45, 2.75) is 17.9 Å². The summed E-state index contributed by atoms with van der Waals surface area (Å²) in [5.74, 6) is 1.39. The summed E-state index contributed by atoms with van der Waals surface area (Å²) >= 11 is 3.30. The number of aryl methyl sites for hydroxylation is 1. The molecular formula is C20H26BrN9O2S. The lowest BCUT2D eigenvalue weighted by Crippen LogP contribution is -2.43. The quantitative estimate of drug-likeness (QED) is 0.436. The second-order valence-corrected chi connectivity index (χ2v) is 10.7. The number of halogens is 1. The van der Waals surface area contributed by atoms with Gasteiger partial charge in [0, 0.05) is 70.8 Å². The number of rotatable bonds is 9. The highest BCUT2D eigenvalue weighted by molar-refractivity contribution is 9.10. The largest absolute Gasteiger partial charge is 0.353 e. The SMILES string of the molecule is Cn1cnc(S(=O)(=O)N(CCNc2ncc(Br)cn2)CC2CCN(c3ncccn3)CC2)c1. The second-order valence-electron chi connectivity index (χ2n) is 7.87. The van der Waals surface area contributed by atoms with Gasteiger partial charge in [-0.2, -0.15) is 4.31 Å². The van der Waals surface area contributed by atoms with Crippen LogP contribution in [-0.2, 0) is 17.1 Å². The van der Waals surface area contributed by atoms with Crippen molar-refractivity contribution >= 4 is 37.8 Å². The zero-order valence-electron chi connectivity index (χ0n) is 18.2. The lowest BCUT2D eigenvalue weighted by atomic mass is 9.97. The predicted molar refractivity (Wildman–Crippen MR) is 127 cm³/mol. The maximum atomic E-state index is 13.3. The Morgan fingerprint density at radius 2 is 1.82 bits per heavy atom. The molecule has 1 saturated heterocycles. The van der Waals surface area contributed by atoms with Crippen LogP contribution >= 0.6 is 15.9 Å². The topological polar surface area (TPSA) is 122 Å². The van der Waals surface area contributed by atoms with Gasteiger partial charge >= 0.3 is 0 Å². The highest BCUT2D eigenvalue weighted by Gasteiger charge is 2.30. The van der Waals surface area contributed by atoms with Gasteiger partial charge in [-0.05, 0) is 40.8 Å². The summed E-state index contributed by atoms with van der Waals surface area (Å²) in [6.45, 7) is 2.66. The minimum atomic E-state index is -3.73. The van der Waals surface area contributed by atoms with Gasteiger partial charge in [-0.3, -0.25) is 0 Å². The van der Waals surface area contributed by atoms with Crippen molar-refractivity contribution in [1.82, 2.24) is 33.8 Å². The van der Waals surface area contributed by atoms with Gasteiger partial charge in [-0.25, -0.2) is 33.3 Å². The number of piperidine rings is 1. The monoisotopic (exact) mass is 535 g/mol. The van der Waals surface area contributed by atoms with Gasteiger partial charge in [-0.1, -0.05) is 0 Å². The van der Waals surface area contributed by atoms with Crippen LogP contribution in [0.5, 0.6) is 0 Å². The molecule has 1 aliphatic rings. The number of aromatic nitrogens is 6. The second kappa shape index (κ2) is 10.5. The van der Waals surface area contributed by atoms with Crippen LogP contribution in [0.15, 0.2) is 52.9 Å². The van der Waals surface area contributed by atoms with E-state index in [2.05, 4.69) is 51.1 Å². The lowest BCUT2D eigenvalue weighted by molar-refractivity contribution is 0.304. The van der Waals surface area contributed by atoms with Gasteiger partial charge in [0.1, 0.15) is 0 Å². The first-order chi connectivity index (χ1) is 15.9. The zero-order chi connectivity index (χ0) is 23.3. The number of sulfonamides is 1. The van der Waals surface area contributed by atoms with Crippen LogP contribution in [0.2, 0.25) is 0 Å². The molecule has 0 atom stereocenters. The number of nitrogens with one attached hydrogen (secondary N) is 1. The lowest BCUT2D eigenvalue weighted by Gasteiger charge is -2.34. The minimum absolute atomic E-state index is 0.0556. The fourth-order valence-corrected chi connectivity index (χ4v) is 5.41. The summed E-state index contributed by atoms with van der Waals surface area (Å²) in [4.78, 5) is 23.2. The van der Waals surface area contributed by atoms with E-state index in [4.69, 9.17) is 0 Å². The number of hydrogen-bond acceptors (Lipinski definition) is 9. The molecule has 1 aliphatic heterocycles. The fourth-order valence-electron chi connectivity index (χ4n) is 3.72. The molecule has 0 aliphatic carbocycles. The molecule has 11 nitrogen and oxygen atoms in total. The fraction of sp³-hybridized carbons (Fsp3) is 0.450. The van der Waals surface area contributed by atoms with Crippen molar-refractivity contribution in [1.29, 1.82) is 0 Å². The molecule has 1 fully saturated rings. The molecule has 4 heterocycles. The van der Waals surface area contributed by atoms with Crippen molar-refractivity contribution in [3.63, 3.8) is 0 Å². The van der Waals surface area contributed by atoms with E-state index in [1.807, 2.05) is 0 Å². The molecule has 1 N–H and O–H groups in total. The van der Waals surface area contributed by atoms with E-state index in [1.165, 1.54) is 16.8 Å². The summed E-state index contributed by atoms with van der Waals surface area (Å²) < 4.78 is 30.6. The Balaban J connectivity index is 1.41. The van der Waals surface area contributed by atoms with Crippen LogP contribution in [0, 0.1) is 5.92 Å². The Kier molecular flexibility index (Phi) is 7.50. The van der Waals surface area contributed by atoms with Crippen molar-refractivity contribution in [2.24, 2.45) is 13.0 Å². The number of hydrogen-bond donors (Lipinski definition) is 1. The number of nitrogens with zero attached hydrogens (tertiary/aromatic N) is 8. The predicted octanol–water partition coefficient (Wildman–Crippen LogP) is 1.78. The van der Waals surface area contributed by atoms with Gasteiger partial charge in [0.2, 0.25) is 11.9 Å². The average Bonchev–Trinajstić information content (AvgIpc) is 3.28. The van der Waals surface area contributed by atoms with E-state index in [0.29, 0.717) is 25.0 Å². The highest BCUT2D eigenvalue weighted by atomic mass is 79.9. The van der Waals surface area contributed by atoms with Gasteiger partial charge in [0.25, 0.3) is 10.0 Å². The first kappa shape index (κ1) is 23.5. The molecule has 0 aromatic carbocycles. The maximum absolute atomic E-state index is 13.3. The van der Waals surface area contributed by atoms with E-state index < -0.39 is 10.0 Å². The van der Waals surface area contributed by atoms with Gasteiger partial charge < -0.3 is 14.8 Å². The van der Waals surface area contributed by atoms with Crippen LogP contribution in [0.1, 0.15) is 12.8 Å². The molecule has 0 radical (unpaired) electrons. The van der Waals surface area contributed by atoms with Crippen LogP contribution in [0.4, 0.5) is 11.9 Å². The van der Waals surface area contributed by atoms with Crippen molar-refractivity contribution in [2.75, 3.05) is 42.9 Å². The maximum Gasteiger partial charge on any atom is 0.262 e. The van der Waals surface area contributed by atoms with Crippen molar-refractivity contribution < 1.29 is 8.42 Å². The van der Waals surface area contributed by atoms with E-state index in [1.54, 1.807) is 42.5 Å². The molecule has 0 saturated carbocycles. The molecule has 33 heavy (non-hydrogen) atoms. The van der Waals surface area contributed by atoms with Crippen LogP contribution in [-0.4, -0.2) is 74.9 Å². The molecule has 0 unspecified atom stereocenters. The highest BCUT2D eigenvalue weighted by Crippen LogP contribution is 2.24. The van der Waals surface area contributed by atoms with Crippen LogP contribution in [0.25, 0.3) is 0 Å². The molecule has 176 valence electrons. The van der Waals surface area contributed by atoms with Crippen molar-refractivity contribution in [3.8, 4) is 0 Å². The Morgan fingerprint density at radius 1 is 1.12 bits per heavy atom. The van der Waals surface area contributed by atoms with Gasteiger partial charge in [0.05, 0.1) is 10.8 Å². The summed E-state index contributed by atoms with van der Waals surface area (Å²) in [5, 5.41) is 3.15. The first-order valence-corrected chi connectivity index (χ1v) is 12.9. The average molecular weight is 536 g/mol. The number of anilines is 2. The first-order valence-electron chi connectivity index (χ1n) is 10.6. The summed E-state index contributed by atoms with van der Waals surface area (Å²) in [6, 6.07) is 1.80. The minimum Gasteiger partial charge on any atom is -0.353 e. The molecule has 0 spiro atoms. The van der Waals surface area contributed by atoms with E-state index in [-0.39, 0.29) is 17.5 Å². The third-order valence-corrected chi connectivity index (χ3v) is 7.62. The van der Waals surface area contributed by atoms with Crippen LogP contribution in [0.3, 0.4) is 0 Å². The molecule has 3 aromatic rings. The molecule has 0 bridgehead atoms. The number of imidazole rings is 1. The van der Waals surface area contributed by atoms with Gasteiger partial charge in [-0.15, -0.1) is 0 Å². The van der Waals surface area contributed by atoms with Crippen LogP contribution < -0.4 is 10.2 Å². The van der Waals surface area contributed by atoms with Gasteiger partial charge in [0.15, 0.2) is 5.03 Å². The Labute approximate surface area is 201 Å². The molecule has 13 heteroatoms.